The van der Waals surface area contributed by atoms with E-state index < -0.39 is 6.04 Å². The number of nitrogens with two attached hydrogens (primary N) is 1. The van der Waals surface area contributed by atoms with Crippen molar-refractivity contribution in [3.05, 3.63) is 44.3 Å². The largest absolute Gasteiger partial charge is 0.368 e. The zero-order chi connectivity index (χ0) is 13.0. The number of carbonyl (C=O) groups excluding carboxylic acids is 1. The maximum atomic E-state index is 11.5. The minimum atomic E-state index is -0.391. The predicted octanol–water partition coefficient (Wildman–Crippen LogP) is 2.69. The lowest BCUT2D eigenvalue weighted by Crippen LogP contribution is -2.32. The monoisotopic (exact) mass is 280 g/mol. The Morgan fingerprint density at radius 3 is 2.78 bits per heavy atom. The van der Waals surface area contributed by atoms with Crippen molar-refractivity contribution in [2.75, 3.05) is 0 Å². The Labute approximate surface area is 115 Å². The Balaban J connectivity index is 2.06. The first kappa shape index (κ1) is 13.3. The molecule has 18 heavy (non-hydrogen) atoms. The Hall–Kier alpha value is -1.17. The standard InChI is InChI=1S/C13H16N2OS2/c1-2-9-5-6-11(18-9)12(13(14)16)15-8-10-4-3-7-17-10/h3-7,12,15H,2,8H2,1H3,(H2,14,16). The van der Waals surface area contributed by atoms with Gasteiger partial charge in [0.1, 0.15) is 6.04 Å². The summed E-state index contributed by atoms with van der Waals surface area (Å²) >= 11 is 3.32. The summed E-state index contributed by atoms with van der Waals surface area (Å²) in [5.41, 5.74) is 5.47. The summed E-state index contributed by atoms with van der Waals surface area (Å²) in [4.78, 5) is 15.0. The zero-order valence-corrected chi connectivity index (χ0v) is 11.8. The minimum Gasteiger partial charge on any atom is -0.368 e. The van der Waals surface area contributed by atoms with Crippen LogP contribution < -0.4 is 11.1 Å². The summed E-state index contributed by atoms with van der Waals surface area (Å²) in [6.45, 7) is 2.78. The predicted molar refractivity (Wildman–Crippen MR) is 76.8 cm³/mol. The van der Waals surface area contributed by atoms with Crippen LogP contribution in [-0.4, -0.2) is 5.91 Å². The lowest BCUT2D eigenvalue weighted by molar-refractivity contribution is -0.120. The molecule has 0 spiro atoms. The molecule has 0 aliphatic carbocycles. The number of rotatable bonds is 6. The molecular weight excluding hydrogens is 264 g/mol. The molecule has 1 atom stereocenters. The van der Waals surface area contributed by atoms with E-state index in [9.17, 15) is 4.79 Å². The highest BCUT2D eigenvalue weighted by Crippen LogP contribution is 2.24. The van der Waals surface area contributed by atoms with Crippen molar-refractivity contribution < 1.29 is 4.79 Å². The van der Waals surface area contributed by atoms with Crippen molar-refractivity contribution in [2.24, 2.45) is 5.73 Å². The number of hydrogen-bond donors (Lipinski definition) is 2. The smallest absolute Gasteiger partial charge is 0.240 e. The van der Waals surface area contributed by atoms with Crippen molar-refractivity contribution in [2.45, 2.75) is 25.9 Å². The third kappa shape index (κ3) is 3.19. The van der Waals surface area contributed by atoms with Crippen LogP contribution in [0.2, 0.25) is 0 Å². The number of hydrogen-bond acceptors (Lipinski definition) is 4. The molecule has 0 aromatic carbocycles. The van der Waals surface area contributed by atoms with Crippen molar-refractivity contribution in [3.8, 4) is 0 Å². The molecule has 0 fully saturated rings. The molecule has 0 radical (unpaired) electrons. The summed E-state index contributed by atoms with van der Waals surface area (Å²) in [5.74, 6) is -0.323. The first-order valence-corrected chi connectivity index (χ1v) is 7.54. The summed E-state index contributed by atoms with van der Waals surface area (Å²) in [5, 5.41) is 5.25. The van der Waals surface area contributed by atoms with E-state index in [1.54, 1.807) is 22.7 Å². The minimum absolute atomic E-state index is 0.323. The lowest BCUT2D eigenvalue weighted by atomic mass is 10.2. The molecule has 96 valence electrons. The van der Waals surface area contributed by atoms with E-state index in [2.05, 4.69) is 18.3 Å². The van der Waals surface area contributed by atoms with Crippen LogP contribution in [-0.2, 0) is 17.8 Å². The fraction of sp³-hybridized carbons (Fsp3) is 0.308. The number of carbonyl (C=O) groups is 1. The fourth-order valence-corrected chi connectivity index (χ4v) is 3.39. The van der Waals surface area contributed by atoms with Crippen LogP contribution in [0.1, 0.15) is 27.6 Å². The molecule has 0 saturated heterocycles. The second kappa shape index (κ2) is 6.13. The second-order valence-corrected chi connectivity index (χ2v) is 6.19. The van der Waals surface area contributed by atoms with E-state index in [-0.39, 0.29) is 5.91 Å². The highest BCUT2D eigenvalue weighted by Gasteiger charge is 2.19. The van der Waals surface area contributed by atoms with Gasteiger partial charge in [-0.15, -0.1) is 22.7 Å². The van der Waals surface area contributed by atoms with Gasteiger partial charge in [0, 0.05) is 21.2 Å². The normalized spacial score (nSPS) is 12.5. The zero-order valence-electron chi connectivity index (χ0n) is 10.2. The Kier molecular flexibility index (Phi) is 4.52. The van der Waals surface area contributed by atoms with Gasteiger partial charge in [0.25, 0.3) is 0 Å². The van der Waals surface area contributed by atoms with Gasteiger partial charge in [-0.1, -0.05) is 13.0 Å². The Bertz CT molecular complexity index is 505. The van der Waals surface area contributed by atoms with Gasteiger partial charge in [-0.05, 0) is 30.0 Å². The summed E-state index contributed by atoms with van der Waals surface area (Å²) < 4.78 is 0. The van der Waals surface area contributed by atoms with E-state index in [0.29, 0.717) is 6.54 Å². The highest BCUT2D eigenvalue weighted by molar-refractivity contribution is 7.12. The molecular formula is C13H16N2OS2. The maximum Gasteiger partial charge on any atom is 0.240 e. The number of nitrogens with one attached hydrogen (secondary N) is 1. The SMILES string of the molecule is CCc1ccc(C(NCc2cccs2)C(N)=O)s1. The van der Waals surface area contributed by atoms with Crippen LogP contribution in [0, 0.1) is 0 Å². The molecule has 2 heterocycles. The molecule has 0 aliphatic rings. The van der Waals surface area contributed by atoms with Gasteiger partial charge in [0.2, 0.25) is 5.91 Å². The van der Waals surface area contributed by atoms with Gasteiger partial charge in [-0.3, -0.25) is 10.1 Å². The second-order valence-electron chi connectivity index (χ2n) is 3.95. The molecule has 3 nitrogen and oxygen atoms in total. The molecule has 0 bridgehead atoms. The van der Waals surface area contributed by atoms with E-state index >= 15 is 0 Å². The van der Waals surface area contributed by atoms with E-state index in [0.717, 1.165) is 11.3 Å². The van der Waals surface area contributed by atoms with Gasteiger partial charge >= 0.3 is 0 Å². The molecule has 0 saturated carbocycles. The molecule has 1 unspecified atom stereocenters. The molecule has 2 aromatic rings. The number of thiophene rings is 2. The van der Waals surface area contributed by atoms with Gasteiger partial charge in [0.15, 0.2) is 0 Å². The van der Waals surface area contributed by atoms with Crippen molar-refractivity contribution >= 4 is 28.6 Å². The van der Waals surface area contributed by atoms with E-state index in [1.807, 2.05) is 23.6 Å². The van der Waals surface area contributed by atoms with Crippen LogP contribution in [0.3, 0.4) is 0 Å². The van der Waals surface area contributed by atoms with E-state index in [4.69, 9.17) is 5.73 Å². The van der Waals surface area contributed by atoms with Gasteiger partial charge < -0.3 is 5.73 Å². The summed E-state index contributed by atoms with van der Waals surface area (Å²) in [7, 11) is 0. The van der Waals surface area contributed by atoms with Crippen molar-refractivity contribution in [1.82, 2.24) is 5.32 Å². The first-order valence-electron chi connectivity index (χ1n) is 5.84. The third-order valence-corrected chi connectivity index (χ3v) is 4.83. The molecule has 2 aromatic heterocycles. The van der Waals surface area contributed by atoms with Crippen LogP contribution in [0.25, 0.3) is 0 Å². The highest BCUT2D eigenvalue weighted by atomic mass is 32.1. The third-order valence-electron chi connectivity index (χ3n) is 2.66. The molecule has 1 amide bonds. The van der Waals surface area contributed by atoms with Crippen LogP contribution in [0.4, 0.5) is 0 Å². The van der Waals surface area contributed by atoms with E-state index in [1.165, 1.54) is 9.75 Å². The summed E-state index contributed by atoms with van der Waals surface area (Å²) in [6, 6.07) is 7.70. The molecule has 5 heteroatoms. The number of aryl methyl sites for hydroxylation is 1. The lowest BCUT2D eigenvalue weighted by Gasteiger charge is -2.13. The molecule has 0 aliphatic heterocycles. The van der Waals surface area contributed by atoms with Gasteiger partial charge in [-0.2, -0.15) is 0 Å². The molecule has 3 N–H and O–H groups in total. The van der Waals surface area contributed by atoms with Crippen molar-refractivity contribution in [1.29, 1.82) is 0 Å². The van der Waals surface area contributed by atoms with Crippen LogP contribution in [0.5, 0.6) is 0 Å². The van der Waals surface area contributed by atoms with Gasteiger partial charge in [-0.25, -0.2) is 0 Å². The first-order chi connectivity index (χ1) is 8.70. The Morgan fingerprint density at radius 2 is 2.22 bits per heavy atom. The topological polar surface area (TPSA) is 55.1 Å². The fourth-order valence-electron chi connectivity index (χ4n) is 1.70. The average Bonchev–Trinajstić information content (AvgIpc) is 2.99. The van der Waals surface area contributed by atoms with Crippen LogP contribution in [0.15, 0.2) is 29.6 Å². The molecule has 2 rings (SSSR count). The number of amides is 1. The number of primary amides is 1. The summed E-state index contributed by atoms with van der Waals surface area (Å²) in [6.07, 6.45) is 0.987. The average molecular weight is 280 g/mol. The van der Waals surface area contributed by atoms with Crippen molar-refractivity contribution in [3.63, 3.8) is 0 Å². The van der Waals surface area contributed by atoms with Crippen LogP contribution >= 0.6 is 22.7 Å². The Morgan fingerprint density at radius 1 is 1.39 bits per heavy atom. The van der Waals surface area contributed by atoms with Gasteiger partial charge in [0.05, 0.1) is 0 Å². The quantitative estimate of drug-likeness (QED) is 0.855. The maximum absolute atomic E-state index is 11.5.